The standard InChI is InChI=1S/C14H18BrN3O/c1-3-18-13(14(15)10(2)17-18)9-12(19)8-11-4-6-16-7-5-11/h4-7,12,19H,3,8-9H2,1-2H3. The fourth-order valence-electron chi connectivity index (χ4n) is 2.15. The Hall–Kier alpha value is -1.20. The van der Waals surface area contributed by atoms with Gasteiger partial charge in [-0.25, -0.2) is 0 Å². The lowest BCUT2D eigenvalue weighted by Gasteiger charge is -2.12. The van der Waals surface area contributed by atoms with Crippen molar-refractivity contribution in [1.29, 1.82) is 0 Å². The quantitative estimate of drug-likeness (QED) is 0.919. The molecule has 0 radical (unpaired) electrons. The second-order valence-electron chi connectivity index (χ2n) is 4.58. The summed E-state index contributed by atoms with van der Waals surface area (Å²) in [4.78, 5) is 3.98. The van der Waals surface area contributed by atoms with Gasteiger partial charge in [-0.2, -0.15) is 5.10 Å². The van der Waals surface area contributed by atoms with Gasteiger partial charge in [0.25, 0.3) is 0 Å². The van der Waals surface area contributed by atoms with Crippen molar-refractivity contribution in [3.8, 4) is 0 Å². The minimum Gasteiger partial charge on any atom is -0.392 e. The van der Waals surface area contributed by atoms with Gasteiger partial charge in [0.05, 0.1) is 22.0 Å². The van der Waals surface area contributed by atoms with Crippen molar-refractivity contribution >= 4 is 15.9 Å². The van der Waals surface area contributed by atoms with E-state index in [0.29, 0.717) is 12.8 Å². The highest BCUT2D eigenvalue weighted by Gasteiger charge is 2.16. The van der Waals surface area contributed by atoms with Crippen LogP contribution in [0.4, 0.5) is 0 Å². The molecule has 4 nitrogen and oxygen atoms in total. The maximum atomic E-state index is 10.2. The molecule has 1 N–H and O–H groups in total. The zero-order valence-electron chi connectivity index (χ0n) is 11.2. The number of aliphatic hydroxyl groups is 1. The number of nitrogens with zero attached hydrogens (tertiary/aromatic N) is 3. The van der Waals surface area contributed by atoms with Gasteiger partial charge in [0.1, 0.15) is 0 Å². The molecule has 5 heteroatoms. The third-order valence-electron chi connectivity index (χ3n) is 3.10. The summed E-state index contributed by atoms with van der Waals surface area (Å²) in [5.74, 6) is 0. The molecule has 0 spiro atoms. The zero-order valence-corrected chi connectivity index (χ0v) is 12.8. The molecule has 1 unspecified atom stereocenters. The summed E-state index contributed by atoms with van der Waals surface area (Å²) >= 11 is 3.55. The molecule has 0 saturated heterocycles. The average Bonchev–Trinajstić information content (AvgIpc) is 2.67. The maximum Gasteiger partial charge on any atom is 0.0738 e. The Morgan fingerprint density at radius 2 is 2.00 bits per heavy atom. The van der Waals surface area contributed by atoms with Crippen LogP contribution in [0.2, 0.25) is 0 Å². The molecular formula is C14H18BrN3O. The van der Waals surface area contributed by atoms with Gasteiger partial charge in [-0.1, -0.05) is 0 Å². The van der Waals surface area contributed by atoms with Crippen molar-refractivity contribution in [3.63, 3.8) is 0 Å². The zero-order chi connectivity index (χ0) is 13.8. The summed E-state index contributed by atoms with van der Waals surface area (Å²) in [6.07, 6.45) is 4.30. The molecule has 0 aliphatic rings. The van der Waals surface area contributed by atoms with Gasteiger partial charge in [0.2, 0.25) is 0 Å². The van der Waals surface area contributed by atoms with Crippen molar-refractivity contribution in [2.45, 2.75) is 39.3 Å². The third-order valence-corrected chi connectivity index (χ3v) is 4.13. The van der Waals surface area contributed by atoms with Gasteiger partial charge in [0, 0.05) is 25.4 Å². The first-order chi connectivity index (χ1) is 9.11. The number of aromatic nitrogens is 3. The molecule has 0 fully saturated rings. The van der Waals surface area contributed by atoms with Crippen LogP contribution in [0.25, 0.3) is 0 Å². The number of aryl methyl sites for hydroxylation is 2. The molecule has 2 aromatic heterocycles. The highest BCUT2D eigenvalue weighted by molar-refractivity contribution is 9.10. The number of hydrogen-bond acceptors (Lipinski definition) is 3. The van der Waals surface area contributed by atoms with Crippen LogP contribution >= 0.6 is 15.9 Å². The molecule has 0 aliphatic heterocycles. The molecule has 102 valence electrons. The summed E-state index contributed by atoms with van der Waals surface area (Å²) in [6.45, 7) is 4.83. The Balaban J connectivity index is 2.09. The van der Waals surface area contributed by atoms with Gasteiger partial charge >= 0.3 is 0 Å². The summed E-state index contributed by atoms with van der Waals surface area (Å²) < 4.78 is 2.94. The van der Waals surface area contributed by atoms with Gasteiger partial charge < -0.3 is 5.11 Å². The highest BCUT2D eigenvalue weighted by Crippen LogP contribution is 2.23. The van der Waals surface area contributed by atoms with Crippen LogP contribution in [0.5, 0.6) is 0 Å². The number of aliphatic hydroxyl groups excluding tert-OH is 1. The van der Waals surface area contributed by atoms with Gasteiger partial charge in [-0.15, -0.1) is 0 Å². The average molecular weight is 324 g/mol. The van der Waals surface area contributed by atoms with Crippen LogP contribution < -0.4 is 0 Å². The first kappa shape index (κ1) is 14.2. The lowest BCUT2D eigenvalue weighted by Crippen LogP contribution is -2.17. The van der Waals surface area contributed by atoms with Crippen molar-refractivity contribution in [3.05, 3.63) is 46.0 Å². The predicted molar refractivity (Wildman–Crippen MR) is 78.0 cm³/mol. The maximum absolute atomic E-state index is 10.2. The molecular weight excluding hydrogens is 306 g/mol. The minimum atomic E-state index is -0.417. The topological polar surface area (TPSA) is 50.9 Å². The molecule has 0 saturated carbocycles. The molecule has 2 rings (SSSR count). The van der Waals surface area contributed by atoms with Gasteiger partial charge in [0.15, 0.2) is 0 Å². The Morgan fingerprint density at radius 3 is 2.63 bits per heavy atom. The Kier molecular flexibility index (Phi) is 4.71. The molecule has 0 amide bonds. The lowest BCUT2D eigenvalue weighted by molar-refractivity contribution is 0.172. The van der Waals surface area contributed by atoms with Crippen LogP contribution in [0.1, 0.15) is 23.9 Å². The first-order valence-corrected chi connectivity index (χ1v) is 7.19. The van der Waals surface area contributed by atoms with E-state index in [4.69, 9.17) is 0 Å². The first-order valence-electron chi connectivity index (χ1n) is 6.40. The van der Waals surface area contributed by atoms with E-state index in [-0.39, 0.29) is 0 Å². The number of rotatable bonds is 5. The van der Waals surface area contributed by atoms with Crippen LogP contribution in [-0.4, -0.2) is 26.0 Å². The van der Waals surface area contributed by atoms with E-state index in [1.54, 1.807) is 12.4 Å². The van der Waals surface area contributed by atoms with E-state index in [9.17, 15) is 5.11 Å². The fourth-order valence-corrected chi connectivity index (χ4v) is 2.60. The van der Waals surface area contributed by atoms with Gasteiger partial charge in [-0.3, -0.25) is 9.67 Å². The number of pyridine rings is 1. The van der Waals surface area contributed by atoms with Gasteiger partial charge in [-0.05, 0) is 53.9 Å². The molecule has 0 aromatic carbocycles. The molecule has 2 heterocycles. The van der Waals surface area contributed by atoms with Crippen LogP contribution in [-0.2, 0) is 19.4 Å². The van der Waals surface area contributed by atoms with Crippen molar-refractivity contribution in [2.24, 2.45) is 0 Å². The van der Waals surface area contributed by atoms with E-state index >= 15 is 0 Å². The third kappa shape index (κ3) is 3.42. The summed E-state index contributed by atoms with van der Waals surface area (Å²) in [7, 11) is 0. The summed E-state index contributed by atoms with van der Waals surface area (Å²) in [6, 6.07) is 3.86. The Morgan fingerprint density at radius 1 is 1.32 bits per heavy atom. The lowest BCUT2D eigenvalue weighted by atomic mass is 10.1. The predicted octanol–water partition coefficient (Wildman–Crippen LogP) is 2.52. The molecule has 0 aliphatic carbocycles. The second kappa shape index (κ2) is 6.30. The number of halogens is 1. The Labute approximate surface area is 121 Å². The van der Waals surface area contributed by atoms with Crippen molar-refractivity contribution in [2.75, 3.05) is 0 Å². The van der Waals surface area contributed by atoms with Crippen molar-refractivity contribution in [1.82, 2.24) is 14.8 Å². The monoisotopic (exact) mass is 323 g/mol. The fraction of sp³-hybridized carbons (Fsp3) is 0.429. The SMILES string of the molecule is CCn1nc(C)c(Br)c1CC(O)Cc1ccncc1. The van der Waals surface area contributed by atoms with E-state index in [1.165, 1.54) is 0 Å². The normalized spacial score (nSPS) is 12.6. The molecule has 2 aromatic rings. The minimum absolute atomic E-state index is 0.417. The van der Waals surface area contributed by atoms with E-state index in [2.05, 4.69) is 32.9 Å². The summed E-state index contributed by atoms with van der Waals surface area (Å²) in [5.41, 5.74) is 3.12. The summed E-state index contributed by atoms with van der Waals surface area (Å²) in [5, 5.41) is 14.7. The molecule has 19 heavy (non-hydrogen) atoms. The smallest absolute Gasteiger partial charge is 0.0738 e. The highest BCUT2D eigenvalue weighted by atomic mass is 79.9. The molecule has 0 bridgehead atoms. The van der Waals surface area contributed by atoms with Crippen LogP contribution in [0.3, 0.4) is 0 Å². The van der Waals surface area contributed by atoms with E-state index in [0.717, 1.165) is 28.0 Å². The largest absolute Gasteiger partial charge is 0.392 e. The van der Waals surface area contributed by atoms with Crippen LogP contribution in [0.15, 0.2) is 29.0 Å². The van der Waals surface area contributed by atoms with E-state index < -0.39 is 6.10 Å². The molecule has 1 atom stereocenters. The Bertz CT molecular complexity index is 539. The second-order valence-corrected chi connectivity index (χ2v) is 5.37. The van der Waals surface area contributed by atoms with Crippen LogP contribution in [0, 0.1) is 6.92 Å². The van der Waals surface area contributed by atoms with E-state index in [1.807, 2.05) is 23.7 Å². The number of hydrogen-bond donors (Lipinski definition) is 1. The van der Waals surface area contributed by atoms with Crippen molar-refractivity contribution < 1.29 is 5.11 Å².